The predicted octanol–water partition coefficient (Wildman–Crippen LogP) is 4.72. The number of para-hydroxylation sites is 1. The maximum Gasteiger partial charge on any atom is 0.224 e. The number of fused-ring (bicyclic) bond motifs is 1. The van der Waals surface area contributed by atoms with Crippen molar-refractivity contribution in [3.8, 4) is 0 Å². The van der Waals surface area contributed by atoms with Crippen molar-refractivity contribution in [3.05, 3.63) is 65.2 Å². The molecule has 4 fully saturated rings. The van der Waals surface area contributed by atoms with E-state index in [1.807, 2.05) is 36.4 Å². The topological polar surface area (TPSA) is 53.4 Å². The Morgan fingerprint density at radius 1 is 1.07 bits per heavy atom. The number of piperidine rings is 2. The Kier molecular flexibility index (Phi) is 4.26. The number of carbonyl (C=O) groups excluding carboxylic acids is 1. The Hall–Kier alpha value is -2.24. The van der Waals surface area contributed by atoms with Crippen LogP contribution in [0.1, 0.15) is 55.0 Å². The third-order valence-electron chi connectivity index (χ3n) is 7.37. The van der Waals surface area contributed by atoms with Crippen LogP contribution in [0.3, 0.4) is 0 Å². The highest BCUT2D eigenvalue weighted by molar-refractivity contribution is 7.18. The Morgan fingerprint density at radius 3 is 2.47 bits per heavy atom. The molecule has 2 saturated heterocycles. The number of aromatic nitrogens is 1. The van der Waals surface area contributed by atoms with Crippen molar-refractivity contribution in [2.75, 3.05) is 0 Å². The molecular formula is C25H26N2O2S. The van der Waals surface area contributed by atoms with Crippen molar-refractivity contribution in [3.63, 3.8) is 0 Å². The van der Waals surface area contributed by atoms with Gasteiger partial charge in [-0.15, -0.1) is 11.3 Å². The molecule has 1 N–H and O–H groups in total. The number of nitrogens with zero attached hydrogens (tertiary/aromatic N) is 2. The van der Waals surface area contributed by atoms with E-state index in [9.17, 15) is 9.90 Å². The number of thiazole rings is 1. The van der Waals surface area contributed by atoms with Crippen molar-refractivity contribution in [2.24, 2.45) is 5.92 Å². The summed E-state index contributed by atoms with van der Waals surface area (Å²) in [5.41, 5.74) is 1.62. The molecule has 3 unspecified atom stereocenters. The van der Waals surface area contributed by atoms with Gasteiger partial charge in [0.05, 0.1) is 15.8 Å². The molecule has 1 aromatic heterocycles. The Balaban J connectivity index is 1.32. The number of carbonyl (C=O) groups is 1. The van der Waals surface area contributed by atoms with Gasteiger partial charge in [-0.1, -0.05) is 42.5 Å². The molecule has 2 saturated carbocycles. The molecule has 0 spiro atoms. The minimum absolute atomic E-state index is 0.0311. The van der Waals surface area contributed by atoms with Gasteiger partial charge in [-0.3, -0.25) is 4.79 Å². The van der Waals surface area contributed by atoms with Crippen molar-refractivity contribution in [2.45, 2.75) is 62.1 Å². The second-order valence-corrected chi connectivity index (χ2v) is 10.5. The highest BCUT2D eigenvalue weighted by Crippen LogP contribution is 2.51. The zero-order valence-electron chi connectivity index (χ0n) is 16.9. The second kappa shape index (κ2) is 6.89. The highest BCUT2D eigenvalue weighted by atomic mass is 32.1. The van der Waals surface area contributed by atoms with Crippen LogP contribution >= 0.6 is 11.3 Å². The van der Waals surface area contributed by atoms with Crippen LogP contribution in [-0.4, -0.2) is 38.6 Å². The summed E-state index contributed by atoms with van der Waals surface area (Å²) >= 11 is 1.70. The number of hydrogen-bond donors (Lipinski definition) is 1. The van der Waals surface area contributed by atoms with Crippen LogP contribution in [0.15, 0.2) is 54.6 Å². The summed E-state index contributed by atoms with van der Waals surface area (Å²) in [5, 5.41) is 11.9. The van der Waals surface area contributed by atoms with E-state index >= 15 is 0 Å². The van der Waals surface area contributed by atoms with Crippen LogP contribution in [0.5, 0.6) is 0 Å². The summed E-state index contributed by atoms with van der Waals surface area (Å²) in [5.74, 6) is 0.780. The average Bonchev–Trinajstić information content (AvgIpc) is 3.15. The van der Waals surface area contributed by atoms with Crippen LogP contribution in [0.25, 0.3) is 10.2 Å². The summed E-state index contributed by atoms with van der Waals surface area (Å²) < 4.78 is 1.16. The Morgan fingerprint density at radius 2 is 1.77 bits per heavy atom. The first kappa shape index (κ1) is 18.5. The highest BCUT2D eigenvalue weighted by Gasteiger charge is 2.55. The fourth-order valence-corrected chi connectivity index (χ4v) is 7.44. The van der Waals surface area contributed by atoms with E-state index in [1.54, 1.807) is 11.3 Å². The monoisotopic (exact) mass is 418 g/mol. The molecule has 1 amide bonds. The quantitative estimate of drug-likeness (QED) is 0.667. The van der Waals surface area contributed by atoms with Gasteiger partial charge in [0.1, 0.15) is 5.01 Å². The average molecular weight is 419 g/mol. The molecule has 2 aromatic carbocycles. The predicted molar refractivity (Wildman–Crippen MR) is 118 cm³/mol. The number of rotatable bonds is 4. The molecule has 3 aromatic rings. The van der Waals surface area contributed by atoms with Gasteiger partial charge >= 0.3 is 0 Å². The van der Waals surface area contributed by atoms with Crippen molar-refractivity contribution >= 4 is 27.5 Å². The molecule has 0 radical (unpaired) electrons. The first-order chi connectivity index (χ1) is 14.6. The van der Waals surface area contributed by atoms with E-state index in [4.69, 9.17) is 4.98 Å². The van der Waals surface area contributed by atoms with E-state index in [-0.39, 0.29) is 23.9 Å². The Labute approximate surface area is 180 Å². The lowest BCUT2D eigenvalue weighted by atomic mass is 9.61. The zero-order chi connectivity index (χ0) is 20.3. The second-order valence-electron chi connectivity index (χ2n) is 9.47. The van der Waals surface area contributed by atoms with Crippen molar-refractivity contribution in [1.82, 2.24) is 9.88 Å². The maximum absolute atomic E-state index is 13.6. The Bertz CT molecular complexity index is 1050. The molecule has 154 valence electrons. The first-order valence-corrected chi connectivity index (χ1v) is 11.8. The van der Waals surface area contributed by atoms with E-state index in [1.165, 1.54) is 0 Å². The van der Waals surface area contributed by atoms with Gasteiger partial charge in [-0.2, -0.15) is 0 Å². The molecule has 4 bridgehead atoms. The number of amides is 1. The molecule has 3 atom stereocenters. The van der Waals surface area contributed by atoms with Gasteiger partial charge in [0.25, 0.3) is 0 Å². The summed E-state index contributed by atoms with van der Waals surface area (Å²) in [6.07, 6.45) is 5.00. The third-order valence-corrected chi connectivity index (χ3v) is 8.52. The summed E-state index contributed by atoms with van der Waals surface area (Å²) in [6, 6.07) is 18.9. The number of benzene rings is 2. The third kappa shape index (κ3) is 3.07. The molecule has 7 rings (SSSR count). The summed E-state index contributed by atoms with van der Waals surface area (Å²) in [7, 11) is 0. The number of hydrogen-bond acceptors (Lipinski definition) is 4. The molecular weight excluding hydrogens is 392 g/mol. The lowest BCUT2D eigenvalue weighted by molar-refractivity contribution is -0.174. The molecule has 4 nitrogen and oxygen atoms in total. The van der Waals surface area contributed by atoms with Gasteiger partial charge in [-0.05, 0) is 55.7 Å². The maximum atomic E-state index is 13.6. The van der Waals surface area contributed by atoms with Gasteiger partial charge in [0, 0.05) is 24.4 Å². The molecule has 30 heavy (non-hydrogen) atoms. The summed E-state index contributed by atoms with van der Waals surface area (Å²) in [4.78, 5) is 20.7. The van der Waals surface area contributed by atoms with Crippen LogP contribution < -0.4 is 0 Å². The molecule has 2 aliphatic carbocycles. The summed E-state index contributed by atoms with van der Waals surface area (Å²) in [6.45, 7) is 0. The van der Waals surface area contributed by atoms with E-state index in [0.29, 0.717) is 12.3 Å². The smallest absolute Gasteiger partial charge is 0.224 e. The lowest BCUT2D eigenvalue weighted by Crippen LogP contribution is -2.65. The molecule has 5 heteroatoms. The normalized spacial score (nSPS) is 30.7. The van der Waals surface area contributed by atoms with Gasteiger partial charge in [0.2, 0.25) is 5.91 Å². The minimum Gasteiger partial charge on any atom is -0.390 e. The van der Waals surface area contributed by atoms with E-state index in [0.717, 1.165) is 52.9 Å². The standard InChI is InChI=1S/C25H26N2O2S/c28-23(27-18-10-16-11-19(27)15-25(29,13-16)14-18)12-20(17-6-2-1-3-7-17)24-26-21-8-4-5-9-22(21)30-24/h1-9,16,18-20,29H,10-15H2. The van der Waals surface area contributed by atoms with Gasteiger partial charge in [-0.25, -0.2) is 4.98 Å². The lowest BCUT2D eigenvalue weighted by Gasteiger charge is -2.59. The number of aliphatic hydroxyl groups is 1. The van der Waals surface area contributed by atoms with Crippen LogP contribution in [0.2, 0.25) is 0 Å². The fourth-order valence-electron chi connectivity index (χ4n) is 6.35. The van der Waals surface area contributed by atoms with Crippen molar-refractivity contribution < 1.29 is 9.90 Å². The van der Waals surface area contributed by atoms with Crippen molar-refractivity contribution in [1.29, 1.82) is 0 Å². The minimum atomic E-state index is -0.529. The molecule has 4 aliphatic rings. The first-order valence-electron chi connectivity index (χ1n) is 11.0. The largest absolute Gasteiger partial charge is 0.390 e. The molecule has 3 heterocycles. The van der Waals surface area contributed by atoms with E-state index < -0.39 is 5.60 Å². The van der Waals surface area contributed by atoms with Crippen LogP contribution in [0.4, 0.5) is 0 Å². The zero-order valence-corrected chi connectivity index (χ0v) is 17.7. The SMILES string of the molecule is O=C(CC(c1ccccc1)c1nc2ccccc2s1)N1C2CC3CC1CC(O)(C3)C2. The van der Waals surface area contributed by atoms with Gasteiger partial charge < -0.3 is 10.0 Å². The van der Waals surface area contributed by atoms with Crippen LogP contribution in [0, 0.1) is 5.92 Å². The fraction of sp³-hybridized carbons (Fsp3) is 0.440. The van der Waals surface area contributed by atoms with E-state index in [2.05, 4.69) is 23.1 Å². The van der Waals surface area contributed by atoms with Gasteiger partial charge in [0.15, 0.2) is 0 Å². The van der Waals surface area contributed by atoms with Crippen LogP contribution in [-0.2, 0) is 4.79 Å². The molecule has 2 aliphatic heterocycles.